The first-order chi connectivity index (χ1) is 8.16. The smallest absolute Gasteiger partial charge is 0.142 e. The van der Waals surface area contributed by atoms with Crippen LogP contribution in [0.4, 0.5) is 5.82 Å². The number of aromatic nitrogens is 1. The average Bonchev–Trinajstić information content (AvgIpc) is 2.78. The van der Waals surface area contributed by atoms with Crippen LogP contribution < -0.4 is 4.90 Å². The van der Waals surface area contributed by atoms with Crippen molar-refractivity contribution < 1.29 is 0 Å². The van der Waals surface area contributed by atoms with Crippen molar-refractivity contribution in [1.82, 2.24) is 9.88 Å². The molecule has 0 N–H and O–H groups in total. The van der Waals surface area contributed by atoms with Gasteiger partial charge in [0.25, 0.3) is 0 Å². The number of nitrogens with zero attached hydrogens (tertiary/aromatic N) is 3. The van der Waals surface area contributed by atoms with Crippen LogP contribution in [-0.2, 0) is 0 Å². The van der Waals surface area contributed by atoms with Crippen molar-refractivity contribution >= 4 is 33.3 Å². The summed E-state index contributed by atoms with van der Waals surface area (Å²) in [7, 11) is 2.07. The minimum atomic E-state index is 0.661. The predicted molar refractivity (Wildman–Crippen MR) is 75.9 cm³/mol. The molecule has 0 bridgehead atoms. The fourth-order valence-electron chi connectivity index (χ4n) is 2.09. The van der Waals surface area contributed by atoms with Crippen LogP contribution in [0.1, 0.15) is 12.8 Å². The van der Waals surface area contributed by atoms with Gasteiger partial charge in [0, 0.05) is 26.3 Å². The van der Waals surface area contributed by atoms with E-state index in [2.05, 4.69) is 37.8 Å². The molecule has 2 heterocycles. The normalized spacial score (nSPS) is 16.4. The summed E-state index contributed by atoms with van der Waals surface area (Å²) in [6.07, 6.45) is 4.37. The van der Waals surface area contributed by atoms with Crippen LogP contribution in [0.2, 0.25) is 5.02 Å². The second-order valence-corrected chi connectivity index (χ2v) is 5.72. The SMILES string of the molecule is CN(CCN1CCCC1)c1ncc(Cl)cc1Br. The van der Waals surface area contributed by atoms with E-state index in [-0.39, 0.29) is 0 Å². The molecule has 1 aliphatic rings. The van der Waals surface area contributed by atoms with Gasteiger partial charge in [0.15, 0.2) is 0 Å². The molecule has 0 aromatic carbocycles. The second-order valence-electron chi connectivity index (χ2n) is 4.43. The van der Waals surface area contributed by atoms with Crippen LogP contribution in [0, 0.1) is 0 Å². The molecule has 94 valence electrons. The van der Waals surface area contributed by atoms with E-state index < -0.39 is 0 Å². The monoisotopic (exact) mass is 317 g/mol. The number of likely N-dealkylation sites (N-methyl/N-ethyl adjacent to an activating group) is 1. The maximum atomic E-state index is 5.88. The van der Waals surface area contributed by atoms with Gasteiger partial charge in [-0.15, -0.1) is 0 Å². The van der Waals surface area contributed by atoms with Gasteiger partial charge in [0.1, 0.15) is 5.82 Å². The van der Waals surface area contributed by atoms with E-state index in [1.165, 1.54) is 25.9 Å². The quantitative estimate of drug-likeness (QED) is 0.850. The van der Waals surface area contributed by atoms with Crippen molar-refractivity contribution in [3.05, 3.63) is 21.8 Å². The Labute approximate surface area is 116 Å². The maximum absolute atomic E-state index is 5.88. The maximum Gasteiger partial charge on any atom is 0.142 e. The van der Waals surface area contributed by atoms with Gasteiger partial charge in [-0.3, -0.25) is 0 Å². The van der Waals surface area contributed by atoms with E-state index in [1.54, 1.807) is 6.20 Å². The molecule has 1 fully saturated rings. The van der Waals surface area contributed by atoms with Crippen molar-refractivity contribution in [3.8, 4) is 0 Å². The van der Waals surface area contributed by atoms with Crippen LogP contribution in [-0.4, -0.2) is 43.1 Å². The molecule has 1 aromatic heterocycles. The number of anilines is 1. The molecule has 5 heteroatoms. The van der Waals surface area contributed by atoms with Crippen molar-refractivity contribution in [3.63, 3.8) is 0 Å². The topological polar surface area (TPSA) is 19.4 Å². The summed E-state index contributed by atoms with van der Waals surface area (Å²) < 4.78 is 0.953. The summed E-state index contributed by atoms with van der Waals surface area (Å²) in [5.41, 5.74) is 0. The molecule has 0 aliphatic carbocycles. The highest BCUT2D eigenvalue weighted by Crippen LogP contribution is 2.25. The Morgan fingerprint density at radius 3 is 2.82 bits per heavy atom. The first-order valence-corrected chi connectivity index (χ1v) is 7.08. The largest absolute Gasteiger partial charge is 0.357 e. The fourth-order valence-corrected chi connectivity index (χ4v) is 3.03. The molecular weight excluding hydrogens is 302 g/mol. The third-order valence-corrected chi connectivity index (χ3v) is 3.89. The summed E-state index contributed by atoms with van der Waals surface area (Å²) >= 11 is 9.38. The molecule has 1 aromatic rings. The predicted octanol–water partition coefficient (Wildman–Crippen LogP) is 3.03. The van der Waals surface area contributed by atoms with Crippen LogP contribution in [0.3, 0.4) is 0 Å². The minimum Gasteiger partial charge on any atom is -0.357 e. The third kappa shape index (κ3) is 3.57. The number of likely N-dealkylation sites (tertiary alicyclic amines) is 1. The lowest BCUT2D eigenvalue weighted by atomic mass is 10.4. The summed E-state index contributed by atoms with van der Waals surface area (Å²) in [6, 6.07) is 1.89. The zero-order chi connectivity index (χ0) is 12.3. The van der Waals surface area contributed by atoms with Crippen LogP contribution in [0.5, 0.6) is 0 Å². The molecule has 0 radical (unpaired) electrons. The van der Waals surface area contributed by atoms with E-state index in [1.807, 2.05) is 6.07 Å². The Morgan fingerprint density at radius 1 is 1.47 bits per heavy atom. The van der Waals surface area contributed by atoms with E-state index in [4.69, 9.17) is 11.6 Å². The van der Waals surface area contributed by atoms with Gasteiger partial charge in [0.05, 0.1) is 9.50 Å². The van der Waals surface area contributed by atoms with Crippen molar-refractivity contribution in [2.24, 2.45) is 0 Å². The number of halogens is 2. The lowest BCUT2D eigenvalue weighted by Gasteiger charge is -2.23. The first kappa shape index (κ1) is 13.1. The Bertz CT molecular complexity index is 380. The number of hydrogen-bond acceptors (Lipinski definition) is 3. The van der Waals surface area contributed by atoms with Gasteiger partial charge < -0.3 is 9.80 Å². The van der Waals surface area contributed by atoms with E-state index in [0.717, 1.165) is 23.4 Å². The first-order valence-electron chi connectivity index (χ1n) is 5.91. The molecule has 0 atom stereocenters. The molecule has 0 amide bonds. The molecule has 2 rings (SSSR count). The lowest BCUT2D eigenvalue weighted by Crippen LogP contribution is -2.31. The van der Waals surface area contributed by atoms with Gasteiger partial charge >= 0.3 is 0 Å². The average molecular weight is 319 g/mol. The van der Waals surface area contributed by atoms with Gasteiger partial charge in [-0.1, -0.05) is 11.6 Å². The summed E-state index contributed by atoms with van der Waals surface area (Å²) in [5, 5.41) is 0.661. The third-order valence-electron chi connectivity index (χ3n) is 3.10. The Morgan fingerprint density at radius 2 is 2.18 bits per heavy atom. The number of hydrogen-bond donors (Lipinski definition) is 0. The fraction of sp³-hybridized carbons (Fsp3) is 0.583. The minimum absolute atomic E-state index is 0.661. The Kier molecular flexibility index (Phi) is 4.65. The lowest BCUT2D eigenvalue weighted by molar-refractivity contribution is 0.346. The van der Waals surface area contributed by atoms with Crippen LogP contribution in [0.25, 0.3) is 0 Å². The van der Waals surface area contributed by atoms with E-state index >= 15 is 0 Å². The molecule has 0 spiro atoms. The van der Waals surface area contributed by atoms with Crippen LogP contribution >= 0.6 is 27.5 Å². The van der Waals surface area contributed by atoms with Crippen molar-refractivity contribution in [1.29, 1.82) is 0 Å². The second kappa shape index (κ2) is 6.03. The van der Waals surface area contributed by atoms with Gasteiger partial charge in [-0.25, -0.2) is 4.98 Å². The highest BCUT2D eigenvalue weighted by Gasteiger charge is 2.13. The van der Waals surface area contributed by atoms with Crippen LogP contribution in [0.15, 0.2) is 16.7 Å². The number of pyridine rings is 1. The molecule has 3 nitrogen and oxygen atoms in total. The summed E-state index contributed by atoms with van der Waals surface area (Å²) in [6.45, 7) is 4.58. The molecule has 1 saturated heterocycles. The zero-order valence-electron chi connectivity index (χ0n) is 9.99. The van der Waals surface area contributed by atoms with Gasteiger partial charge in [-0.05, 0) is 47.9 Å². The molecule has 1 aliphatic heterocycles. The van der Waals surface area contributed by atoms with E-state index in [0.29, 0.717) is 5.02 Å². The highest BCUT2D eigenvalue weighted by molar-refractivity contribution is 9.10. The van der Waals surface area contributed by atoms with Gasteiger partial charge in [-0.2, -0.15) is 0 Å². The summed E-state index contributed by atoms with van der Waals surface area (Å²) in [4.78, 5) is 9.02. The Hall–Kier alpha value is -0.320. The zero-order valence-corrected chi connectivity index (χ0v) is 12.3. The number of rotatable bonds is 4. The standard InChI is InChI=1S/C12H17BrClN3/c1-16(6-7-17-4-2-3-5-17)12-11(13)8-10(14)9-15-12/h8-9H,2-7H2,1H3. The van der Waals surface area contributed by atoms with E-state index in [9.17, 15) is 0 Å². The molecule has 17 heavy (non-hydrogen) atoms. The van der Waals surface area contributed by atoms with Crippen molar-refractivity contribution in [2.75, 3.05) is 38.1 Å². The molecule has 0 saturated carbocycles. The summed E-state index contributed by atoms with van der Waals surface area (Å²) in [5.74, 6) is 0.952. The highest BCUT2D eigenvalue weighted by atomic mass is 79.9. The van der Waals surface area contributed by atoms with Crippen molar-refractivity contribution in [2.45, 2.75) is 12.8 Å². The Balaban J connectivity index is 1.91. The molecule has 0 unspecified atom stereocenters. The molecular formula is C12H17BrClN3. The van der Waals surface area contributed by atoms with Gasteiger partial charge in [0.2, 0.25) is 0 Å².